The normalized spacial score (nSPS) is 11.0. The molecule has 0 fully saturated rings. The minimum Gasteiger partial charge on any atom is -0.478 e. The Morgan fingerprint density at radius 3 is 3.07 bits per heavy atom. The smallest absolute Gasteiger partial charge is 0.331 e. The van der Waals surface area contributed by atoms with E-state index in [-0.39, 0.29) is 5.57 Å². The summed E-state index contributed by atoms with van der Waals surface area (Å²) < 4.78 is 1.50. The number of aromatic nitrogens is 2. The Kier molecular flexibility index (Phi) is 3.02. The van der Waals surface area contributed by atoms with Gasteiger partial charge in [-0.15, -0.1) is 0 Å². The first-order chi connectivity index (χ1) is 6.63. The van der Waals surface area contributed by atoms with Crippen LogP contribution in [-0.4, -0.2) is 20.9 Å². The first-order valence-corrected chi connectivity index (χ1v) is 3.96. The van der Waals surface area contributed by atoms with Crippen LogP contribution in [0, 0.1) is 11.3 Å². The molecule has 0 unspecified atom stereocenters. The summed E-state index contributed by atoms with van der Waals surface area (Å²) in [5, 5.41) is 20.9. The zero-order chi connectivity index (χ0) is 10.6. The maximum Gasteiger partial charge on any atom is 0.331 e. The Hall–Kier alpha value is -2.09. The molecule has 5 nitrogen and oxygen atoms in total. The van der Waals surface area contributed by atoms with Crippen molar-refractivity contribution in [2.45, 2.75) is 13.5 Å². The second kappa shape index (κ2) is 4.23. The molecule has 5 heteroatoms. The molecular weight excluding hydrogens is 182 g/mol. The standard InChI is InChI=1S/C9H9N3O2/c1-7(9(13)14)2-3-12-6-8(4-10)5-11-12/h2,5-6H,3H2,1H3,(H,13,14)/b7-2-. The van der Waals surface area contributed by atoms with E-state index in [1.165, 1.54) is 23.9 Å². The number of carboxylic acid groups (broad SMARTS) is 1. The molecule has 0 aliphatic rings. The quantitative estimate of drug-likeness (QED) is 0.716. The number of carbonyl (C=O) groups is 1. The summed E-state index contributed by atoms with van der Waals surface area (Å²) in [5.41, 5.74) is 0.727. The van der Waals surface area contributed by atoms with Crippen molar-refractivity contribution in [3.63, 3.8) is 0 Å². The molecule has 1 aromatic rings. The fourth-order valence-corrected chi connectivity index (χ4v) is 0.839. The second-order valence-electron chi connectivity index (χ2n) is 2.76. The van der Waals surface area contributed by atoms with Crippen molar-refractivity contribution in [1.29, 1.82) is 5.26 Å². The fraction of sp³-hybridized carbons (Fsp3) is 0.222. The predicted octanol–water partition coefficient (Wildman–Crippen LogP) is 0.786. The minimum absolute atomic E-state index is 0.263. The lowest BCUT2D eigenvalue weighted by atomic mass is 10.3. The zero-order valence-electron chi connectivity index (χ0n) is 7.64. The van der Waals surface area contributed by atoms with E-state index >= 15 is 0 Å². The first kappa shape index (κ1) is 9.99. The third-order valence-corrected chi connectivity index (χ3v) is 1.68. The van der Waals surface area contributed by atoms with Crippen molar-refractivity contribution in [2.75, 3.05) is 0 Å². The van der Waals surface area contributed by atoms with Crippen LogP contribution in [0.3, 0.4) is 0 Å². The summed E-state index contributed by atoms with van der Waals surface area (Å²) in [5.74, 6) is -0.947. The summed E-state index contributed by atoms with van der Waals surface area (Å²) in [6.45, 7) is 1.87. The van der Waals surface area contributed by atoms with Crippen molar-refractivity contribution in [3.05, 3.63) is 29.6 Å². The number of hydrogen-bond donors (Lipinski definition) is 1. The van der Waals surface area contributed by atoms with Crippen LogP contribution in [0.4, 0.5) is 0 Å². The number of allylic oxidation sites excluding steroid dienone is 1. The van der Waals surface area contributed by atoms with E-state index in [4.69, 9.17) is 10.4 Å². The SMILES string of the molecule is C/C(=C/Cn1cc(C#N)cn1)C(=O)O. The van der Waals surface area contributed by atoms with Gasteiger partial charge in [-0.3, -0.25) is 4.68 Å². The van der Waals surface area contributed by atoms with Crippen LogP contribution < -0.4 is 0 Å². The Balaban J connectivity index is 2.67. The maximum absolute atomic E-state index is 10.4. The largest absolute Gasteiger partial charge is 0.478 e. The summed E-state index contributed by atoms with van der Waals surface area (Å²) in [6.07, 6.45) is 4.53. The van der Waals surface area contributed by atoms with Gasteiger partial charge in [0.25, 0.3) is 0 Å². The fourth-order valence-electron chi connectivity index (χ4n) is 0.839. The van der Waals surface area contributed by atoms with E-state index in [1.54, 1.807) is 6.20 Å². The van der Waals surface area contributed by atoms with Gasteiger partial charge in [-0.05, 0) is 6.92 Å². The first-order valence-electron chi connectivity index (χ1n) is 3.96. The molecule has 0 spiro atoms. The molecule has 0 bridgehead atoms. The highest BCUT2D eigenvalue weighted by atomic mass is 16.4. The van der Waals surface area contributed by atoms with Crippen LogP contribution >= 0.6 is 0 Å². The lowest BCUT2D eigenvalue weighted by Gasteiger charge is -1.95. The average molecular weight is 191 g/mol. The van der Waals surface area contributed by atoms with Crippen LogP contribution in [0.1, 0.15) is 12.5 Å². The lowest BCUT2D eigenvalue weighted by molar-refractivity contribution is -0.132. The van der Waals surface area contributed by atoms with Crippen LogP contribution in [0.2, 0.25) is 0 Å². The molecule has 1 rings (SSSR count). The molecule has 0 aromatic carbocycles. The van der Waals surface area contributed by atoms with Gasteiger partial charge >= 0.3 is 5.97 Å². The van der Waals surface area contributed by atoms with Crippen LogP contribution in [-0.2, 0) is 11.3 Å². The molecule has 0 saturated carbocycles. The van der Waals surface area contributed by atoms with E-state index in [9.17, 15) is 4.79 Å². The van der Waals surface area contributed by atoms with Gasteiger partial charge in [0, 0.05) is 11.8 Å². The van der Waals surface area contributed by atoms with Crippen LogP contribution in [0.5, 0.6) is 0 Å². The monoisotopic (exact) mass is 191 g/mol. The van der Waals surface area contributed by atoms with E-state index < -0.39 is 5.97 Å². The zero-order valence-corrected chi connectivity index (χ0v) is 7.64. The van der Waals surface area contributed by atoms with E-state index in [2.05, 4.69) is 5.10 Å². The van der Waals surface area contributed by atoms with Crippen molar-refractivity contribution >= 4 is 5.97 Å². The molecule has 72 valence electrons. The van der Waals surface area contributed by atoms with Gasteiger partial charge in [0.15, 0.2) is 0 Å². The van der Waals surface area contributed by atoms with Gasteiger partial charge in [-0.2, -0.15) is 10.4 Å². The summed E-state index contributed by atoms with van der Waals surface area (Å²) in [6, 6.07) is 1.94. The third kappa shape index (κ3) is 2.45. The van der Waals surface area contributed by atoms with Gasteiger partial charge in [-0.1, -0.05) is 6.08 Å². The third-order valence-electron chi connectivity index (χ3n) is 1.68. The maximum atomic E-state index is 10.4. The molecule has 1 heterocycles. The van der Waals surface area contributed by atoms with Crippen molar-refractivity contribution < 1.29 is 9.90 Å². The van der Waals surface area contributed by atoms with Gasteiger partial charge in [0.2, 0.25) is 0 Å². The predicted molar refractivity (Wildman–Crippen MR) is 48.3 cm³/mol. The molecule has 0 radical (unpaired) electrons. The van der Waals surface area contributed by atoms with Gasteiger partial charge < -0.3 is 5.11 Å². The second-order valence-corrected chi connectivity index (χ2v) is 2.76. The van der Waals surface area contributed by atoms with E-state index in [0.29, 0.717) is 12.1 Å². The Morgan fingerprint density at radius 1 is 1.86 bits per heavy atom. The highest BCUT2D eigenvalue weighted by Crippen LogP contribution is 1.97. The topological polar surface area (TPSA) is 78.9 Å². The number of hydrogen-bond acceptors (Lipinski definition) is 3. The number of nitrogens with zero attached hydrogens (tertiary/aromatic N) is 3. The number of rotatable bonds is 3. The Morgan fingerprint density at radius 2 is 2.57 bits per heavy atom. The van der Waals surface area contributed by atoms with Crippen molar-refractivity contribution in [1.82, 2.24) is 9.78 Å². The molecule has 14 heavy (non-hydrogen) atoms. The molecule has 1 aromatic heterocycles. The number of nitriles is 1. The summed E-state index contributed by atoms with van der Waals surface area (Å²) in [4.78, 5) is 10.4. The number of aliphatic carboxylic acids is 1. The molecule has 0 aliphatic carbocycles. The van der Waals surface area contributed by atoms with Crippen molar-refractivity contribution in [3.8, 4) is 6.07 Å². The molecule has 1 N–H and O–H groups in total. The van der Waals surface area contributed by atoms with Gasteiger partial charge in [-0.25, -0.2) is 4.79 Å². The molecule has 0 aliphatic heterocycles. The summed E-state index contributed by atoms with van der Waals surface area (Å²) in [7, 11) is 0. The average Bonchev–Trinajstić information content (AvgIpc) is 2.61. The number of carboxylic acids is 1. The Bertz CT molecular complexity index is 412. The lowest BCUT2D eigenvalue weighted by Crippen LogP contribution is -2.00. The van der Waals surface area contributed by atoms with Crippen LogP contribution in [0.25, 0.3) is 0 Å². The molecule has 0 atom stereocenters. The minimum atomic E-state index is -0.947. The summed E-state index contributed by atoms with van der Waals surface area (Å²) >= 11 is 0. The molecule has 0 amide bonds. The van der Waals surface area contributed by atoms with Crippen LogP contribution in [0.15, 0.2) is 24.0 Å². The van der Waals surface area contributed by atoms with E-state index in [0.717, 1.165) is 0 Å². The molecular formula is C9H9N3O2. The highest BCUT2D eigenvalue weighted by Gasteiger charge is 1.99. The molecule has 0 saturated heterocycles. The van der Waals surface area contributed by atoms with Gasteiger partial charge in [0.1, 0.15) is 6.07 Å². The van der Waals surface area contributed by atoms with Crippen molar-refractivity contribution in [2.24, 2.45) is 0 Å². The van der Waals surface area contributed by atoms with E-state index in [1.807, 2.05) is 6.07 Å². The van der Waals surface area contributed by atoms with Gasteiger partial charge in [0.05, 0.1) is 18.3 Å². The highest BCUT2D eigenvalue weighted by molar-refractivity contribution is 5.85. The Labute approximate surface area is 80.9 Å².